The number of thiophene rings is 1. The van der Waals surface area contributed by atoms with Gasteiger partial charge in [0, 0.05) is 30.9 Å². The molecular formula is C24H16N2S. The molecule has 0 unspecified atom stereocenters. The summed E-state index contributed by atoms with van der Waals surface area (Å²) in [5.41, 5.74) is 4.57. The monoisotopic (exact) mass is 364 g/mol. The van der Waals surface area contributed by atoms with Crippen molar-refractivity contribution in [3.63, 3.8) is 0 Å². The molecule has 27 heavy (non-hydrogen) atoms. The van der Waals surface area contributed by atoms with Crippen molar-refractivity contribution < 1.29 is 0 Å². The predicted molar refractivity (Wildman–Crippen MR) is 118 cm³/mol. The van der Waals surface area contributed by atoms with E-state index in [1.54, 1.807) is 4.68 Å². The molecule has 6 aromatic rings. The summed E-state index contributed by atoms with van der Waals surface area (Å²) in [5, 5.41) is 5.05. The van der Waals surface area contributed by atoms with Crippen LogP contribution in [-0.4, -0.2) is 4.68 Å². The number of hydrogen-bond donors (Lipinski definition) is 1. The van der Waals surface area contributed by atoms with Crippen molar-refractivity contribution in [3.05, 3.63) is 84.9 Å². The molecule has 0 bridgehead atoms. The minimum Gasteiger partial charge on any atom is -0.339 e. The normalized spacial score (nSPS) is 11.9. The van der Waals surface area contributed by atoms with Crippen molar-refractivity contribution in [1.82, 2.24) is 4.68 Å². The number of nitrogens with two attached hydrogens (primary N) is 1. The highest BCUT2D eigenvalue weighted by Crippen LogP contribution is 2.37. The van der Waals surface area contributed by atoms with Crippen LogP contribution in [0, 0.1) is 0 Å². The molecule has 2 aromatic heterocycles. The minimum atomic E-state index is 1.06. The lowest BCUT2D eigenvalue weighted by molar-refractivity contribution is 1.12. The van der Waals surface area contributed by atoms with E-state index in [1.165, 1.54) is 42.1 Å². The summed E-state index contributed by atoms with van der Waals surface area (Å²) < 4.78 is 4.45. The highest BCUT2D eigenvalue weighted by atomic mass is 32.1. The fraction of sp³-hybridized carbons (Fsp3) is 0. The highest BCUT2D eigenvalue weighted by Gasteiger charge is 2.11. The first-order valence-electron chi connectivity index (χ1n) is 8.99. The van der Waals surface area contributed by atoms with Crippen LogP contribution in [0.3, 0.4) is 0 Å². The Morgan fingerprint density at radius 3 is 2.07 bits per heavy atom. The molecule has 2 heterocycles. The van der Waals surface area contributed by atoms with Gasteiger partial charge in [0.15, 0.2) is 0 Å². The zero-order valence-corrected chi connectivity index (χ0v) is 15.3. The summed E-state index contributed by atoms with van der Waals surface area (Å²) in [6, 6.07) is 30.3. The van der Waals surface area contributed by atoms with Crippen LogP contribution >= 0.6 is 11.3 Å². The number of rotatable bonds is 1. The number of fused-ring (bicyclic) bond motifs is 6. The number of para-hydroxylation sites is 1. The smallest absolute Gasteiger partial charge is 0.0704 e. The second-order valence-corrected chi connectivity index (χ2v) is 8.01. The number of aromatic nitrogens is 1. The van der Waals surface area contributed by atoms with Crippen molar-refractivity contribution in [2.75, 3.05) is 5.84 Å². The van der Waals surface area contributed by atoms with Crippen LogP contribution in [0.5, 0.6) is 0 Å². The highest BCUT2D eigenvalue weighted by molar-refractivity contribution is 7.25. The van der Waals surface area contributed by atoms with Crippen LogP contribution in [-0.2, 0) is 0 Å². The van der Waals surface area contributed by atoms with E-state index in [0.717, 1.165) is 11.0 Å². The van der Waals surface area contributed by atoms with Crippen LogP contribution in [0.2, 0.25) is 0 Å². The molecule has 0 aliphatic carbocycles. The van der Waals surface area contributed by atoms with Gasteiger partial charge in [0.1, 0.15) is 0 Å². The molecular weight excluding hydrogens is 348 g/mol. The van der Waals surface area contributed by atoms with Crippen molar-refractivity contribution in [2.45, 2.75) is 0 Å². The molecule has 0 saturated carbocycles. The number of nitrogens with zero attached hydrogens (tertiary/aromatic N) is 1. The van der Waals surface area contributed by atoms with Gasteiger partial charge in [-0.15, -0.1) is 11.3 Å². The molecule has 0 radical (unpaired) electrons. The van der Waals surface area contributed by atoms with E-state index < -0.39 is 0 Å². The first-order chi connectivity index (χ1) is 13.3. The van der Waals surface area contributed by atoms with Gasteiger partial charge in [0.2, 0.25) is 0 Å². The van der Waals surface area contributed by atoms with Crippen molar-refractivity contribution in [1.29, 1.82) is 0 Å². The molecule has 2 nitrogen and oxygen atoms in total. The summed E-state index contributed by atoms with van der Waals surface area (Å²) in [7, 11) is 0. The van der Waals surface area contributed by atoms with E-state index in [2.05, 4.69) is 78.9 Å². The van der Waals surface area contributed by atoms with Crippen molar-refractivity contribution in [2.24, 2.45) is 0 Å². The third-order valence-electron chi connectivity index (χ3n) is 5.42. The van der Waals surface area contributed by atoms with E-state index in [-0.39, 0.29) is 0 Å². The summed E-state index contributed by atoms with van der Waals surface area (Å²) in [5.74, 6) is 6.30. The maximum Gasteiger partial charge on any atom is 0.0704 e. The van der Waals surface area contributed by atoms with E-state index >= 15 is 0 Å². The Balaban J connectivity index is 1.62. The molecule has 0 fully saturated rings. The van der Waals surface area contributed by atoms with Crippen molar-refractivity contribution in [3.8, 4) is 11.1 Å². The van der Waals surface area contributed by atoms with Gasteiger partial charge in [-0.25, -0.2) is 0 Å². The van der Waals surface area contributed by atoms with Gasteiger partial charge >= 0.3 is 0 Å². The molecule has 6 rings (SSSR count). The quantitative estimate of drug-likeness (QED) is 0.330. The number of hydrogen-bond acceptors (Lipinski definition) is 2. The van der Waals surface area contributed by atoms with Crippen LogP contribution in [0.1, 0.15) is 0 Å². The lowest BCUT2D eigenvalue weighted by Crippen LogP contribution is -2.06. The molecule has 0 amide bonds. The van der Waals surface area contributed by atoms with E-state index in [0.29, 0.717) is 0 Å². The first-order valence-corrected chi connectivity index (χ1v) is 9.81. The van der Waals surface area contributed by atoms with Gasteiger partial charge in [-0.3, -0.25) is 4.68 Å². The average molecular weight is 364 g/mol. The topological polar surface area (TPSA) is 30.9 Å². The van der Waals surface area contributed by atoms with Gasteiger partial charge in [-0.1, -0.05) is 48.5 Å². The summed E-state index contributed by atoms with van der Waals surface area (Å²) in [6.07, 6.45) is 0. The van der Waals surface area contributed by atoms with E-state index in [9.17, 15) is 0 Å². The van der Waals surface area contributed by atoms with Gasteiger partial charge < -0.3 is 5.84 Å². The molecule has 128 valence electrons. The molecule has 0 atom stereocenters. The lowest BCUT2D eigenvalue weighted by atomic mass is 10.0. The molecule has 4 aromatic carbocycles. The summed E-state index contributed by atoms with van der Waals surface area (Å²) in [4.78, 5) is 0. The van der Waals surface area contributed by atoms with Gasteiger partial charge in [-0.2, -0.15) is 0 Å². The SMILES string of the molecule is Nn1c2ccccc2c2cc(-c3ccc4sc5ccccc5c4c3)ccc21. The molecule has 0 aliphatic rings. The van der Waals surface area contributed by atoms with Gasteiger partial charge in [-0.05, 0) is 47.5 Å². The van der Waals surface area contributed by atoms with E-state index in [1.807, 2.05) is 17.4 Å². The van der Waals surface area contributed by atoms with Crippen LogP contribution in [0.25, 0.3) is 53.1 Å². The fourth-order valence-corrected chi connectivity index (χ4v) is 5.17. The Bertz CT molecular complexity index is 1490. The maximum absolute atomic E-state index is 6.30. The molecule has 0 saturated heterocycles. The standard InChI is InChI=1S/C24H16N2S/c25-26-21-7-3-1-5-17(21)19-13-15(9-11-22(19)26)16-10-12-24-20(14-16)18-6-2-4-8-23(18)27-24/h1-14H,25H2. The zero-order chi connectivity index (χ0) is 18.0. The van der Waals surface area contributed by atoms with E-state index in [4.69, 9.17) is 5.84 Å². The Kier molecular flexibility index (Phi) is 2.94. The second kappa shape index (κ2) is 5.35. The molecule has 2 N–H and O–H groups in total. The number of benzene rings is 4. The summed E-state index contributed by atoms with van der Waals surface area (Å²) in [6.45, 7) is 0. The second-order valence-electron chi connectivity index (χ2n) is 6.93. The molecule has 3 heteroatoms. The van der Waals surface area contributed by atoms with Gasteiger partial charge in [0.05, 0.1) is 11.0 Å². The van der Waals surface area contributed by atoms with Crippen molar-refractivity contribution >= 4 is 53.3 Å². The van der Waals surface area contributed by atoms with Crippen LogP contribution in [0.4, 0.5) is 0 Å². The fourth-order valence-electron chi connectivity index (χ4n) is 4.09. The zero-order valence-electron chi connectivity index (χ0n) is 14.5. The third-order valence-corrected chi connectivity index (χ3v) is 6.57. The average Bonchev–Trinajstić information content (AvgIpc) is 3.23. The van der Waals surface area contributed by atoms with Crippen LogP contribution < -0.4 is 5.84 Å². The summed E-state index contributed by atoms with van der Waals surface area (Å²) >= 11 is 1.85. The Morgan fingerprint density at radius 2 is 1.19 bits per heavy atom. The minimum absolute atomic E-state index is 1.06. The maximum atomic E-state index is 6.30. The Labute approximate surface area is 160 Å². The Morgan fingerprint density at radius 1 is 0.556 bits per heavy atom. The molecule has 0 aliphatic heterocycles. The molecule has 0 spiro atoms. The van der Waals surface area contributed by atoms with Gasteiger partial charge in [0.25, 0.3) is 0 Å². The first kappa shape index (κ1) is 14.8. The third kappa shape index (κ3) is 2.06. The number of nitrogen functional groups attached to an aromatic ring is 1. The van der Waals surface area contributed by atoms with Crippen LogP contribution in [0.15, 0.2) is 84.9 Å². The largest absolute Gasteiger partial charge is 0.339 e. The Hall–Kier alpha value is -3.30. The lowest BCUT2D eigenvalue weighted by Gasteiger charge is -2.04. The predicted octanol–water partition coefficient (Wildman–Crippen LogP) is 6.54.